The van der Waals surface area contributed by atoms with E-state index >= 15 is 0 Å². The van der Waals surface area contributed by atoms with E-state index in [-0.39, 0.29) is 12.6 Å². The standard InChI is InChI=1S/C7H16N2O4S/c1-5(8)4-9-14(11,12)6(2)7(10)13-3/h5-6,9H,4,8H2,1-3H3. The molecule has 2 unspecified atom stereocenters. The molecular weight excluding hydrogens is 208 g/mol. The fourth-order valence-corrected chi connectivity index (χ4v) is 1.76. The summed E-state index contributed by atoms with van der Waals surface area (Å²) in [4.78, 5) is 10.9. The van der Waals surface area contributed by atoms with Gasteiger partial charge in [0, 0.05) is 12.6 Å². The molecule has 0 aromatic carbocycles. The molecule has 0 saturated carbocycles. The van der Waals surface area contributed by atoms with E-state index in [9.17, 15) is 13.2 Å². The molecule has 0 amide bonds. The first-order valence-electron chi connectivity index (χ1n) is 4.13. The van der Waals surface area contributed by atoms with Gasteiger partial charge in [0.2, 0.25) is 10.0 Å². The highest BCUT2D eigenvalue weighted by Crippen LogP contribution is 2.00. The lowest BCUT2D eigenvalue weighted by atomic mass is 10.4. The number of ether oxygens (including phenoxy) is 1. The van der Waals surface area contributed by atoms with Crippen LogP contribution in [-0.2, 0) is 19.6 Å². The van der Waals surface area contributed by atoms with Crippen LogP contribution in [0.4, 0.5) is 0 Å². The van der Waals surface area contributed by atoms with Crippen molar-refractivity contribution in [2.45, 2.75) is 25.1 Å². The molecule has 6 nitrogen and oxygen atoms in total. The zero-order valence-electron chi connectivity index (χ0n) is 8.48. The quantitative estimate of drug-likeness (QED) is 0.572. The monoisotopic (exact) mass is 224 g/mol. The summed E-state index contributed by atoms with van der Waals surface area (Å²) < 4.78 is 29.3. The van der Waals surface area contributed by atoms with Gasteiger partial charge in [-0.05, 0) is 13.8 Å². The molecule has 14 heavy (non-hydrogen) atoms. The van der Waals surface area contributed by atoms with Gasteiger partial charge in [-0.15, -0.1) is 0 Å². The first-order valence-corrected chi connectivity index (χ1v) is 5.67. The number of hydrogen-bond acceptors (Lipinski definition) is 5. The molecule has 7 heteroatoms. The minimum Gasteiger partial charge on any atom is -0.468 e. The first kappa shape index (κ1) is 13.3. The van der Waals surface area contributed by atoms with Crippen LogP contribution >= 0.6 is 0 Å². The van der Waals surface area contributed by atoms with E-state index in [1.807, 2.05) is 0 Å². The third kappa shape index (κ3) is 4.03. The summed E-state index contributed by atoms with van der Waals surface area (Å²) in [7, 11) is -2.53. The molecule has 0 aliphatic rings. The number of carbonyl (C=O) groups is 1. The average Bonchev–Trinajstić information content (AvgIpc) is 2.12. The number of nitrogens with two attached hydrogens (primary N) is 1. The zero-order valence-corrected chi connectivity index (χ0v) is 9.30. The van der Waals surface area contributed by atoms with Gasteiger partial charge in [0.05, 0.1) is 7.11 Å². The number of sulfonamides is 1. The van der Waals surface area contributed by atoms with Crippen molar-refractivity contribution < 1.29 is 17.9 Å². The first-order chi connectivity index (χ1) is 6.31. The molecule has 3 N–H and O–H groups in total. The van der Waals surface area contributed by atoms with Crippen molar-refractivity contribution in [3.05, 3.63) is 0 Å². The van der Waals surface area contributed by atoms with Gasteiger partial charge in [-0.3, -0.25) is 4.79 Å². The van der Waals surface area contributed by atoms with Gasteiger partial charge in [0.1, 0.15) is 0 Å². The van der Waals surface area contributed by atoms with Crippen molar-refractivity contribution in [2.24, 2.45) is 5.73 Å². The molecule has 0 spiro atoms. The second-order valence-electron chi connectivity index (χ2n) is 3.04. The number of nitrogens with one attached hydrogen (secondary N) is 1. The Morgan fingerprint density at radius 1 is 1.50 bits per heavy atom. The maximum absolute atomic E-state index is 11.4. The van der Waals surface area contributed by atoms with E-state index < -0.39 is 21.2 Å². The van der Waals surface area contributed by atoms with Crippen molar-refractivity contribution in [2.75, 3.05) is 13.7 Å². The van der Waals surface area contributed by atoms with E-state index in [2.05, 4.69) is 9.46 Å². The molecule has 0 bridgehead atoms. The van der Waals surface area contributed by atoms with Crippen LogP contribution in [-0.4, -0.2) is 39.3 Å². The summed E-state index contributed by atoms with van der Waals surface area (Å²) in [5.74, 6) is -0.790. The normalized spacial score (nSPS) is 16.0. The van der Waals surface area contributed by atoms with Crippen molar-refractivity contribution in [3.8, 4) is 0 Å². The summed E-state index contributed by atoms with van der Waals surface area (Å²) >= 11 is 0. The second kappa shape index (κ2) is 5.28. The summed E-state index contributed by atoms with van der Waals surface area (Å²) in [6, 6.07) is -0.297. The molecule has 0 aliphatic carbocycles. The predicted molar refractivity (Wildman–Crippen MR) is 52.0 cm³/mol. The molecule has 2 atom stereocenters. The van der Waals surface area contributed by atoms with Crippen LogP contribution < -0.4 is 10.5 Å². The van der Waals surface area contributed by atoms with Crippen LogP contribution in [0.5, 0.6) is 0 Å². The van der Waals surface area contributed by atoms with Gasteiger partial charge in [-0.25, -0.2) is 13.1 Å². The van der Waals surface area contributed by atoms with E-state index in [0.717, 1.165) is 7.11 Å². The highest BCUT2D eigenvalue weighted by molar-refractivity contribution is 7.90. The third-order valence-corrected chi connectivity index (χ3v) is 3.30. The fourth-order valence-electron chi connectivity index (χ4n) is 0.665. The largest absolute Gasteiger partial charge is 0.468 e. The molecule has 0 aliphatic heterocycles. The van der Waals surface area contributed by atoms with Crippen molar-refractivity contribution >= 4 is 16.0 Å². The van der Waals surface area contributed by atoms with Crippen molar-refractivity contribution in [3.63, 3.8) is 0 Å². The smallest absolute Gasteiger partial charge is 0.325 e. The summed E-state index contributed by atoms with van der Waals surface area (Å²) in [5.41, 5.74) is 5.37. The number of methoxy groups -OCH3 is 1. The van der Waals surface area contributed by atoms with Crippen molar-refractivity contribution in [1.29, 1.82) is 0 Å². The molecule has 0 fully saturated rings. The Labute approximate surface area is 83.9 Å². The van der Waals surface area contributed by atoms with E-state index in [1.165, 1.54) is 6.92 Å². The van der Waals surface area contributed by atoms with Crippen LogP contribution in [0.2, 0.25) is 0 Å². The van der Waals surface area contributed by atoms with Crippen LogP contribution in [0, 0.1) is 0 Å². The van der Waals surface area contributed by atoms with Crippen LogP contribution in [0.15, 0.2) is 0 Å². The van der Waals surface area contributed by atoms with E-state index in [4.69, 9.17) is 5.73 Å². The SMILES string of the molecule is COC(=O)C(C)S(=O)(=O)NCC(C)N. The minimum atomic E-state index is -3.67. The molecule has 0 heterocycles. The minimum absolute atomic E-state index is 0.101. The lowest BCUT2D eigenvalue weighted by Crippen LogP contribution is -2.42. The topological polar surface area (TPSA) is 98.5 Å². The van der Waals surface area contributed by atoms with E-state index in [1.54, 1.807) is 6.92 Å². The van der Waals surface area contributed by atoms with Gasteiger partial charge in [0.15, 0.2) is 5.25 Å². The molecule has 84 valence electrons. The number of rotatable bonds is 5. The zero-order chi connectivity index (χ0) is 11.4. The van der Waals surface area contributed by atoms with Gasteiger partial charge in [-0.2, -0.15) is 0 Å². The highest BCUT2D eigenvalue weighted by Gasteiger charge is 2.28. The van der Waals surface area contributed by atoms with Gasteiger partial charge < -0.3 is 10.5 Å². The molecule has 0 aromatic heterocycles. The van der Waals surface area contributed by atoms with Crippen LogP contribution in [0.25, 0.3) is 0 Å². The molecule has 0 aromatic rings. The Kier molecular flexibility index (Phi) is 5.03. The predicted octanol–water partition coefficient (Wildman–Crippen LogP) is -1.19. The molecule has 0 saturated heterocycles. The van der Waals surface area contributed by atoms with E-state index in [0.29, 0.717) is 0 Å². The maximum Gasteiger partial charge on any atom is 0.325 e. The lowest BCUT2D eigenvalue weighted by Gasteiger charge is -2.12. The Morgan fingerprint density at radius 3 is 2.36 bits per heavy atom. The van der Waals surface area contributed by atoms with Crippen LogP contribution in [0.3, 0.4) is 0 Å². The lowest BCUT2D eigenvalue weighted by molar-refractivity contribution is -0.139. The summed E-state index contributed by atoms with van der Waals surface area (Å²) in [6.45, 7) is 3.02. The number of esters is 1. The highest BCUT2D eigenvalue weighted by atomic mass is 32.2. The molecular formula is C7H16N2O4S. The van der Waals surface area contributed by atoms with Crippen LogP contribution in [0.1, 0.15) is 13.8 Å². The Bertz CT molecular complexity index is 286. The third-order valence-electron chi connectivity index (χ3n) is 1.61. The van der Waals surface area contributed by atoms with Gasteiger partial charge in [0.25, 0.3) is 0 Å². The van der Waals surface area contributed by atoms with Crippen molar-refractivity contribution in [1.82, 2.24) is 4.72 Å². The molecule has 0 radical (unpaired) electrons. The van der Waals surface area contributed by atoms with Gasteiger partial charge >= 0.3 is 5.97 Å². The maximum atomic E-state index is 11.4. The second-order valence-corrected chi connectivity index (χ2v) is 5.12. The summed E-state index contributed by atoms with van der Waals surface area (Å²) in [6.07, 6.45) is 0. The number of hydrogen-bond donors (Lipinski definition) is 2. The van der Waals surface area contributed by atoms with Gasteiger partial charge in [-0.1, -0.05) is 0 Å². The summed E-state index contributed by atoms with van der Waals surface area (Å²) in [5, 5.41) is -1.22. The number of carbonyl (C=O) groups excluding carboxylic acids is 1. The fraction of sp³-hybridized carbons (Fsp3) is 0.857. The Balaban J connectivity index is 4.39. The Hall–Kier alpha value is -0.660. The average molecular weight is 224 g/mol. The Morgan fingerprint density at radius 2 is 2.00 bits per heavy atom. The molecule has 0 rings (SSSR count).